The lowest BCUT2D eigenvalue weighted by Gasteiger charge is -2.38. The average Bonchev–Trinajstić information content (AvgIpc) is 2.73. The van der Waals surface area contributed by atoms with E-state index >= 15 is 0 Å². The molecular formula is C24H30N2O4. The van der Waals surface area contributed by atoms with Crippen molar-refractivity contribution in [2.24, 2.45) is 0 Å². The molecule has 6 nitrogen and oxygen atoms in total. The highest BCUT2D eigenvalue weighted by Gasteiger charge is 2.35. The number of benzene rings is 2. The summed E-state index contributed by atoms with van der Waals surface area (Å²) in [5.41, 5.74) is 2.40. The van der Waals surface area contributed by atoms with E-state index in [9.17, 15) is 4.79 Å². The number of nitrogens with one attached hydrogen (secondary N) is 1. The van der Waals surface area contributed by atoms with Gasteiger partial charge in [-0.2, -0.15) is 0 Å². The number of ether oxygens (including phenoxy) is 3. The molecule has 1 N–H and O–H groups in total. The van der Waals surface area contributed by atoms with Gasteiger partial charge in [-0.15, -0.1) is 0 Å². The van der Waals surface area contributed by atoms with Crippen molar-refractivity contribution in [1.29, 1.82) is 0 Å². The van der Waals surface area contributed by atoms with Crippen molar-refractivity contribution in [2.45, 2.75) is 38.5 Å². The van der Waals surface area contributed by atoms with Gasteiger partial charge in [-0.1, -0.05) is 12.1 Å². The molecule has 0 radical (unpaired) electrons. The van der Waals surface area contributed by atoms with Gasteiger partial charge in [0.2, 0.25) is 0 Å². The maximum atomic E-state index is 13.1. The molecule has 1 amide bonds. The molecule has 160 valence electrons. The molecule has 0 unspecified atom stereocenters. The molecule has 0 aromatic heterocycles. The van der Waals surface area contributed by atoms with Crippen molar-refractivity contribution in [3.8, 4) is 11.5 Å². The van der Waals surface area contributed by atoms with Crippen LogP contribution in [0.25, 0.3) is 0 Å². The van der Waals surface area contributed by atoms with Crippen LogP contribution in [0.4, 0.5) is 0 Å². The Kier molecular flexibility index (Phi) is 5.97. The third kappa shape index (κ3) is 4.77. The lowest BCUT2D eigenvalue weighted by molar-refractivity contribution is 0.0341. The fourth-order valence-corrected chi connectivity index (χ4v) is 4.16. The van der Waals surface area contributed by atoms with Crippen LogP contribution in [-0.4, -0.2) is 49.8 Å². The van der Waals surface area contributed by atoms with Crippen LogP contribution >= 0.6 is 0 Å². The molecule has 4 rings (SSSR count). The summed E-state index contributed by atoms with van der Waals surface area (Å²) in [5.74, 6) is 1.47. The third-order valence-electron chi connectivity index (χ3n) is 5.68. The molecule has 0 spiro atoms. The first-order valence-electron chi connectivity index (χ1n) is 10.5. The first kappa shape index (κ1) is 20.7. The summed E-state index contributed by atoms with van der Waals surface area (Å²) in [4.78, 5) is 15.5. The average molecular weight is 411 g/mol. The molecule has 2 aliphatic rings. The number of fused-ring (bicyclic) bond motifs is 1. The van der Waals surface area contributed by atoms with E-state index in [1.54, 1.807) is 7.11 Å². The number of carbonyl (C=O) groups is 1. The monoisotopic (exact) mass is 410 g/mol. The normalized spacial score (nSPS) is 20.7. The zero-order chi connectivity index (χ0) is 21.1. The van der Waals surface area contributed by atoms with Crippen LogP contribution in [0.15, 0.2) is 42.5 Å². The van der Waals surface area contributed by atoms with Gasteiger partial charge in [-0.25, -0.2) is 0 Å². The van der Waals surface area contributed by atoms with E-state index in [0.717, 1.165) is 55.5 Å². The molecule has 0 saturated carbocycles. The molecular weight excluding hydrogens is 380 g/mol. The van der Waals surface area contributed by atoms with Crippen molar-refractivity contribution in [3.05, 3.63) is 59.2 Å². The van der Waals surface area contributed by atoms with E-state index in [-0.39, 0.29) is 17.6 Å². The van der Waals surface area contributed by atoms with Gasteiger partial charge in [-0.05, 0) is 49.7 Å². The second-order valence-electron chi connectivity index (χ2n) is 8.58. The molecule has 1 atom stereocenters. The lowest BCUT2D eigenvalue weighted by Crippen LogP contribution is -2.41. The Morgan fingerprint density at radius 1 is 1.20 bits per heavy atom. The van der Waals surface area contributed by atoms with Gasteiger partial charge >= 0.3 is 0 Å². The van der Waals surface area contributed by atoms with Crippen LogP contribution in [0.5, 0.6) is 11.5 Å². The molecule has 2 aromatic rings. The van der Waals surface area contributed by atoms with Crippen LogP contribution in [0.3, 0.4) is 0 Å². The van der Waals surface area contributed by atoms with Gasteiger partial charge in [0.05, 0.1) is 26.4 Å². The Morgan fingerprint density at radius 2 is 2.00 bits per heavy atom. The Hall–Kier alpha value is -2.57. The standard InChI is InChI=1S/C24H30N2O4/c1-24(2)15-21(20-14-19(28-3)7-8-22(20)30-24)25-23(27)18-6-4-5-17(13-18)16-26-9-11-29-12-10-26/h4-8,13-14,21H,9-12,15-16H2,1-3H3,(H,25,27)/t21-/m1/s1. The summed E-state index contributed by atoms with van der Waals surface area (Å²) < 4.78 is 16.9. The largest absolute Gasteiger partial charge is 0.497 e. The summed E-state index contributed by atoms with van der Waals surface area (Å²) in [6.45, 7) is 8.29. The van der Waals surface area contributed by atoms with Gasteiger partial charge in [0, 0.05) is 37.2 Å². The van der Waals surface area contributed by atoms with E-state index < -0.39 is 0 Å². The predicted octanol–water partition coefficient (Wildman–Crippen LogP) is 3.56. The highest BCUT2D eigenvalue weighted by Crippen LogP contribution is 2.41. The number of hydrogen-bond donors (Lipinski definition) is 1. The molecule has 30 heavy (non-hydrogen) atoms. The van der Waals surface area contributed by atoms with E-state index in [4.69, 9.17) is 14.2 Å². The second kappa shape index (κ2) is 8.66. The number of nitrogens with zero attached hydrogens (tertiary/aromatic N) is 1. The highest BCUT2D eigenvalue weighted by molar-refractivity contribution is 5.94. The SMILES string of the molecule is COc1ccc2c(c1)[C@H](NC(=O)c1cccc(CN3CCOCC3)c1)CC(C)(C)O2. The second-order valence-corrected chi connectivity index (χ2v) is 8.58. The minimum atomic E-state index is -0.363. The molecule has 2 aromatic carbocycles. The zero-order valence-electron chi connectivity index (χ0n) is 17.9. The molecule has 2 aliphatic heterocycles. The molecule has 0 bridgehead atoms. The number of rotatable bonds is 5. The van der Waals surface area contributed by atoms with Crippen molar-refractivity contribution in [1.82, 2.24) is 10.2 Å². The Labute approximate surface area is 178 Å². The molecule has 1 fully saturated rings. The fraction of sp³-hybridized carbons (Fsp3) is 0.458. The van der Waals surface area contributed by atoms with Crippen molar-refractivity contribution in [2.75, 3.05) is 33.4 Å². The number of amides is 1. The molecule has 0 aliphatic carbocycles. The van der Waals surface area contributed by atoms with Crippen LogP contribution in [-0.2, 0) is 11.3 Å². The van der Waals surface area contributed by atoms with E-state index in [0.29, 0.717) is 12.0 Å². The molecule has 6 heteroatoms. The summed E-state index contributed by atoms with van der Waals surface area (Å²) >= 11 is 0. The van der Waals surface area contributed by atoms with Crippen molar-refractivity contribution < 1.29 is 19.0 Å². The van der Waals surface area contributed by atoms with Crippen LogP contribution in [0, 0.1) is 0 Å². The topological polar surface area (TPSA) is 60.0 Å². The Balaban J connectivity index is 1.51. The Morgan fingerprint density at radius 3 is 2.77 bits per heavy atom. The van der Waals surface area contributed by atoms with Gasteiger partial charge in [0.15, 0.2) is 0 Å². The number of carbonyl (C=O) groups excluding carboxylic acids is 1. The van der Waals surface area contributed by atoms with Gasteiger partial charge in [0.1, 0.15) is 17.1 Å². The van der Waals surface area contributed by atoms with Crippen LogP contribution in [0.2, 0.25) is 0 Å². The highest BCUT2D eigenvalue weighted by atomic mass is 16.5. The number of hydrogen-bond acceptors (Lipinski definition) is 5. The van der Waals surface area contributed by atoms with Gasteiger partial charge < -0.3 is 19.5 Å². The molecule has 1 saturated heterocycles. The lowest BCUT2D eigenvalue weighted by atomic mass is 9.89. The Bertz CT molecular complexity index is 906. The quantitative estimate of drug-likeness (QED) is 0.817. The maximum Gasteiger partial charge on any atom is 0.251 e. The minimum absolute atomic E-state index is 0.0738. The summed E-state index contributed by atoms with van der Waals surface area (Å²) in [7, 11) is 1.64. The summed E-state index contributed by atoms with van der Waals surface area (Å²) in [6.07, 6.45) is 0.687. The van der Waals surface area contributed by atoms with Crippen LogP contribution in [0.1, 0.15) is 47.8 Å². The molecule has 2 heterocycles. The zero-order valence-corrected chi connectivity index (χ0v) is 17.9. The van der Waals surface area contributed by atoms with E-state index in [1.165, 1.54) is 0 Å². The fourth-order valence-electron chi connectivity index (χ4n) is 4.16. The van der Waals surface area contributed by atoms with Crippen molar-refractivity contribution in [3.63, 3.8) is 0 Å². The third-order valence-corrected chi connectivity index (χ3v) is 5.68. The van der Waals surface area contributed by atoms with E-state index in [1.807, 2.05) is 50.2 Å². The van der Waals surface area contributed by atoms with Crippen molar-refractivity contribution >= 4 is 5.91 Å². The first-order chi connectivity index (χ1) is 14.4. The van der Waals surface area contributed by atoms with Gasteiger partial charge in [-0.3, -0.25) is 9.69 Å². The maximum absolute atomic E-state index is 13.1. The predicted molar refractivity (Wildman–Crippen MR) is 115 cm³/mol. The summed E-state index contributed by atoms with van der Waals surface area (Å²) in [6, 6.07) is 13.5. The smallest absolute Gasteiger partial charge is 0.251 e. The summed E-state index contributed by atoms with van der Waals surface area (Å²) in [5, 5.41) is 3.22. The van der Waals surface area contributed by atoms with E-state index in [2.05, 4.69) is 16.3 Å². The van der Waals surface area contributed by atoms with Crippen LogP contribution < -0.4 is 14.8 Å². The first-order valence-corrected chi connectivity index (χ1v) is 10.5. The number of methoxy groups -OCH3 is 1. The van der Waals surface area contributed by atoms with Gasteiger partial charge in [0.25, 0.3) is 5.91 Å². The number of morpholine rings is 1. The minimum Gasteiger partial charge on any atom is -0.497 e.